The molecule has 2 N–H and O–H groups in total. The van der Waals surface area contributed by atoms with E-state index in [0.29, 0.717) is 11.5 Å². The molecule has 2 heterocycles. The van der Waals surface area contributed by atoms with Gasteiger partial charge in [-0.3, -0.25) is 0 Å². The molecule has 3 rings (SSSR count). The number of hydrogen-bond acceptors (Lipinski definition) is 3. The summed E-state index contributed by atoms with van der Waals surface area (Å²) in [4.78, 5) is 0. The zero-order chi connectivity index (χ0) is 10.3. The third-order valence-corrected chi connectivity index (χ3v) is 2.97. The molecule has 0 aliphatic carbocycles. The highest BCUT2D eigenvalue weighted by Crippen LogP contribution is 2.38. The Balaban J connectivity index is 2.14. The molecule has 0 radical (unpaired) electrons. The lowest BCUT2D eigenvalue weighted by atomic mass is 10.1. The Bertz CT molecular complexity index is 483. The molecule has 0 bridgehead atoms. The van der Waals surface area contributed by atoms with Crippen LogP contribution < -0.4 is 5.32 Å². The Morgan fingerprint density at radius 3 is 2.93 bits per heavy atom. The van der Waals surface area contributed by atoms with E-state index in [2.05, 4.69) is 5.32 Å². The fourth-order valence-electron chi connectivity index (χ4n) is 2.20. The first-order chi connectivity index (χ1) is 7.36. The van der Waals surface area contributed by atoms with Crippen molar-refractivity contribution in [3.63, 3.8) is 0 Å². The predicted molar refractivity (Wildman–Crippen MR) is 57.9 cm³/mol. The summed E-state index contributed by atoms with van der Waals surface area (Å²) < 4.78 is 5.67. The number of nitrogens with one attached hydrogen (secondary N) is 1. The third-order valence-electron chi connectivity index (χ3n) is 2.97. The molecule has 3 nitrogen and oxygen atoms in total. The van der Waals surface area contributed by atoms with Gasteiger partial charge in [-0.25, -0.2) is 0 Å². The fraction of sp³-hybridized carbons (Fsp3) is 0.333. The van der Waals surface area contributed by atoms with Crippen molar-refractivity contribution in [1.82, 2.24) is 5.32 Å². The van der Waals surface area contributed by atoms with E-state index < -0.39 is 0 Å². The third kappa shape index (κ3) is 1.31. The van der Waals surface area contributed by atoms with Crippen LogP contribution in [0.1, 0.15) is 24.6 Å². The zero-order valence-electron chi connectivity index (χ0n) is 8.36. The van der Waals surface area contributed by atoms with Gasteiger partial charge in [0, 0.05) is 0 Å². The van der Waals surface area contributed by atoms with Crippen LogP contribution in [0.2, 0.25) is 0 Å². The van der Waals surface area contributed by atoms with Gasteiger partial charge in [0.05, 0.1) is 11.4 Å². The largest absolute Gasteiger partial charge is 0.504 e. The van der Waals surface area contributed by atoms with E-state index in [1.54, 1.807) is 0 Å². The molecule has 1 fully saturated rings. The van der Waals surface area contributed by atoms with Gasteiger partial charge in [-0.2, -0.15) is 0 Å². The van der Waals surface area contributed by atoms with E-state index in [4.69, 9.17) is 4.42 Å². The van der Waals surface area contributed by atoms with E-state index >= 15 is 0 Å². The minimum Gasteiger partial charge on any atom is -0.504 e. The molecule has 0 saturated carbocycles. The number of para-hydroxylation sites is 1. The molecular weight excluding hydrogens is 190 g/mol. The van der Waals surface area contributed by atoms with Crippen LogP contribution in [0.15, 0.2) is 28.7 Å². The summed E-state index contributed by atoms with van der Waals surface area (Å²) in [5.41, 5.74) is 0.763. The fourth-order valence-corrected chi connectivity index (χ4v) is 2.20. The van der Waals surface area contributed by atoms with Crippen molar-refractivity contribution < 1.29 is 9.52 Å². The van der Waals surface area contributed by atoms with Crippen molar-refractivity contribution >= 4 is 11.0 Å². The van der Waals surface area contributed by atoms with Crippen LogP contribution >= 0.6 is 0 Å². The van der Waals surface area contributed by atoms with Gasteiger partial charge in [0.15, 0.2) is 11.5 Å². The molecule has 1 aromatic heterocycles. The Kier molecular flexibility index (Phi) is 1.92. The molecule has 1 saturated heterocycles. The van der Waals surface area contributed by atoms with Crippen molar-refractivity contribution in [2.75, 3.05) is 6.54 Å². The first-order valence-corrected chi connectivity index (χ1v) is 5.30. The van der Waals surface area contributed by atoms with Crippen LogP contribution in [0.4, 0.5) is 0 Å². The van der Waals surface area contributed by atoms with E-state index in [-0.39, 0.29) is 6.04 Å². The van der Waals surface area contributed by atoms with Crippen molar-refractivity contribution in [2.24, 2.45) is 0 Å². The summed E-state index contributed by atoms with van der Waals surface area (Å²) in [5.74, 6) is 0.985. The van der Waals surface area contributed by atoms with Crippen molar-refractivity contribution in [1.29, 1.82) is 0 Å². The average Bonchev–Trinajstić information content (AvgIpc) is 2.87. The highest BCUT2D eigenvalue weighted by Gasteiger charge is 2.24. The van der Waals surface area contributed by atoms with Gasteiger partial charge in [0.1, 0.15) is 5.58 Å². The molecule has 3 heteroatoms. The van der Waals surface area contributed by atoms with Crippen LogP contribution in [-0.4, -0.2) is 11.7 Å². The molecule has 1 aliphatic heterocycles. The monoisotopic (exact) mass is 203 g/mol. The van der Waals surface area contributed by atoms with Gasteiger partial charge in [0.2, 0.25) is 0 Å². The molecule has 2 aromatic rings. The van der Waals surface area contributed by atoms with Gasteiger partial charge in [-0.15, -0.1) is 0 Å². The molecule has 0 amide bonds. The lowest BCUT2D eigenvalue weighted by Gasteiger charge is -2.05. The van der Waals surface area contributed by atoms with Crippen LogP contribution in [0.3, 0.4) is 0 Å². The maximum atomic E-state index is 10.0. The molecule has 78 valence electrons. The Morgan fingerprint density at radius 1 is 1.33 bits per heavy atom. The summed E-state index contributed by atoms with van der Waals surface area (Å²) in [6.07, 6.45) is 2.18. The molecular formula is C12H13NO2. The van der Waals surface area contributed by atoms with Crippen LogP contribution in [0.25, 0.3) is 11.0 Å². The maximum absolute atomic E-state index is 10.0. The number of aromatic hydroxyl groups is 1. The topological polar surface area (TPSA) is 45.4 Å². The van der Waals surface area contributed by atoms with Crippen molar-refractivity contribution in [2.45, 2.75) is 18.9 Å². The summed E-state index contributed by atoms with van der Waals surface area (Å²) in [6, 6.07) is 7.76. The number of fused-ring (bicyclic) bond motifs is 1. The van der Waals surface area contributed by atoms with Gasteiger partial charge in [-0.05, 0) is 31.5 Å². The first kappa shape index (κ1) is 8.80. The molecule has 1 atom stereocenters. The quantitative estimate of drug-likeness (QED) is 0.748. The van der Waals surface area contributed by atoms with Crippen molar-refractivity contribution in [3.8, 4) is 5.75 Å². The highest BCUT2D eigenvalue weighted by molar-refractivity contribution is 5.85. The van der Waals surface area contributed by atoms with Gasteiger partial charge in [0.25, 0.3) is 0 Å². The second kappa shape index (κ2) is 3.28. The van der Waals surface area contributed by atoms with Gasteiger partial charge < -0.3 is 14.8 Å². The minimum absolute atomic E-state index is 0.178. The maximum Gasteiger partial charge on any atom is 0.166 e. The smallest absolute Gasteiger partial charge is 0.166 e. The number of benzene rings is 1. The summed E-state index contributed by atoms with van der Waals surface area (Å²) in [5, 5.41) is 14.1. The summed E-state index contributed by atoms with van der Waals surface area (Å²) >= 11 is 0. The van der Waals surface area contributed by atoms with Crippen molar-refractivity contribution in [3.05, 3.63) is 30.0 Å². The Morgan fingerprint density at radius 2 is 2.20 bits per heavy atom. The normalized spacial score (nSPS) is 21.2. The Labute approximate surface area is 87.7 Å². The second-order valence-electron chi connectivity index (χ2n) is 3.96. The predicted octanol–water partition coefficient (Wildman–Crippen LogP) is 2.56. The Hall–Kier alpha value is -1.48. The molecule has 0 spiro atoms. The average molecular weight is 203 g/mol. The van der Waals surface area contributed by atoms with Gasteiger partial charge in [-0.1, -0.05) is 12.1 Å². The summed E-state index contributed by atoms with van der Waals surface area (Å²) in [6.45, 7) is 1.00. The molecule has 15 heavy (non-hydrogen) atoms. The van der Waals surface area contributed by atoms with E-state index in [0.717, 1.165) is 30.4 Å². The minimum atomic E-state index is 0.178. The molecule has 1 aromatic carbocycles. The molecule has 1 aliphatic rings. The second-order valence-corrected chi connectivity index (χ2v) is 3.96. The lowest BCUT2D eigenvalue weighted by Crippen LogP contribution is -2.11. The number of rotatable bonds is 1. The number of furan rings is 1. The SMILES string of the molecule is Oc1c(C2CCCN2)oc2ccccc12. The van der Waals surface area contributed by atoms with Crippen LogP contribution in [-0.2, 0) is 0 Å². The molecule has 1 unspecified atom stereocenters. The van der Waals surface area contributed by atoms with Crippen LogP contribution in [0.5, 0.6) is 5.75 Å². The summed E-state index contributed by atoms with van der Waals surface area (Å²) in [7, 11) is 0. The lowest BCUT2D eigenvalue weighted by molar-refractivity contribution is 0.407. The number of hydrogen-bond donors (Lipinski definition) is 2. The first-order valence-electron chi connectivity index (χ1n) is 5.30. The van der Waals surface area contributed by atoms with Gasteiger partial charge >= 0.3 is 0 Å². The van der Waals surface area contributed by atoms with E-state index in [9.17, 15) is 5.11 Å². The van der Waals surface area contributed by atoms with E-state index in [1.807, 2.05) is 24.3 Å². The highest BCUT2D eigenvalue weighted by atomic mass is 16.4. The van der Waals surface area contributed by atoms with E-state index in [1.165, 1.54) is 0 Å². The standard InChI is InChI=1S/C12H13NO2/c14-11-8-4-1-2-6-10(8)15-12(11)9-5-3-7-13-9/h1-2,4,6,9,13-14H,3,5,7H2. The van der Waals surface area contributed by atoms with Crippen LogP contribution in [0, 0.1) is 0 Å². The zero-order valence-corrected chi connectivity index (χ0v) is 8.36.